The number of alkyl halides is 3. The number of pyridine rings is 1. The van der Waals surface area contributed by atoms with Crippen molar-refractivity contribution in [1.29, 1.82) is 0 Å². The second kappa shape index (κ2) is 3.48. The molecule has 0 aliphatic rings. The van der Waals surface area contributed by atoms with E-state index in [1.54, 1.807) is 13.8 Å². The van der Waals surface area contributed by atoms with Crippen LogP contribution in [0.3, 0.4) is 0 Å². The molecule has 0 amide bonds. The van der Waals surface area contributed by atoms with Gasteiger partial charge in [0.15, 0.2) is 0 Å². The van der Waals surface area contributed by atoms with Gasteiger partial charge in [0.2, 0.25) is 0 Å². The topological polar surface area (TPSA) is 33.1 Å². The van der Waals surface area contributed by atoms with E-state index >= 15 is 0 Å². The highest BCUT2D eigenvalue weighted by atomic mass is 19.4. The van der Waals surface area contributed by atoms with Crippen molar-refractivity contribution in [2.24, 2.45) is 0 Å². The van der Waals surface area contributed by atoms with Crippen molar-refractivity contribution in [1.82, 2.24) is 4.98 Å². The molecule has 5 heteroatoms. The third-order valence-electron chi connectivity index (χ3n) is 1.82. The Balaban J connectivity index is 3.13. The SMILES string of the molecule is CC(C)c1cnc(C(F)(F)F)cc1O. The molecule has 1 rings (SSSR count). The van der Waals surface area contributed by atoms with Crippen LogP contribution in [0.15, 0.2) is 12.3 Å². The van der Waals surface area contributed by atoms with Crippen LogP contribution in [0.5, 0.6) is 5.75 Å². The zero-order valence-electron chi connectivity index (χ0n) is 7.76. The first-order chi connectivity index (χ1) is 6.32. The lowest BCUT2D eigenvalue weighted by Gasteiger charge is -2.10. The van der Waals surface area contributed by atoms with Crippen molar-refractivity contribution in [3.05, 3.63) is 23.5 Å². The Morgan fingerprint density at radius 1 is 1.36 bits per heavy atom. The van der Waals surface area contributed by atoms with E-state index in [4.69, 9.17) is 0 Å². The fourth-order valence-corrected chi connectivity index (χ4v) is 1.06. The van der Waals surface area contributed by atoms with Crippen molar-refractivity contribution >= 4 is 0 Å². The first-order valence-corrected chi connectivity index (χ1v) is 4.08. The molecule has 78 valence electrons. The highest BCUT2D eigenvalue weighted by Gasteiger charge is 2.33. The van der Waals surface area contributed by atoms with E-state index < -0.39 is 11.9 Å². The van der Waals surface area contributed by atoms with Gasteiger partial charge in [0.1, 0.15) is 11.4 Å². The minimum absolute atomic E-state index is 0.0511. The van der Waals surface area contributed by atoms with Gasteiger partial charge in [-0.2, -0.15) is 13.2 Å². The molecule has 0 saturated heterocycles. The molecule has 0 unspecified atom stereocenters. The molecule has 0 bridgehead atoms. The molecule has 0 radical (unpaired) electrons. The van der Waals surface area contributed by atoms with E-state index in [1.807, 2.05) is 0 Å². The molecule has 0 atom stereocenters. The minimum atomic E-state index is -4.51. The van der Waals surface area contributed by atoms with Crippen LogP contribution >= 0.6 is 0 Å². The molecule has 2 nitrogen and oxygen atoms in total. The third kappa shape index (κ3) is 2.16. The lowest BCUT2D eigenvalue weighted by molar-refractivity contribution is -0.141. The molecule has 1 aromatic heterocycles. The standard InChI is InChI=1S/C9H10F3NO/c1-5(2)6-4-13-8(3-7(6)14)9(10,11)12/h3-5H,1-2H3,(H,13,14). The predicted molar refractivity (Wildman–Crippen MR) is 45.0 cm³/mol. The third-order valence-corrected chi connectivity index (χ3v) is 1.82. The second-order valence-corrected chi connectivity index (χ2v) is 3.28. The zero-order valence-corrected chi connectivity index (χ0v) is 7.76. The molecule has 0 aliphatic heterocycles. The number of aromatic nitrogens is 1. The van der Waals surface area contributed by atoms with Gasteiger partial charge in [-0.1, -0.05) is 13.8 Å². The molecular formula is C9H10F3NO. The van der Waals surface area contributed by atoms with Gasteiger partial charge in [-0.05, 0) is 5.92 Å². The van der Waals surface area contributed by atoms with Crippen LogP contribution in [0.25, 0.3) is 0 Å². The summed E-state index contributed by atoms with van der Waals surface area (Å²) in [7, 11) is 0. The molecule has 1 heterocycles. The average molecular weight is 205 g/mol. The Morgan fingerprint density at radius 2 is 1.93 bits per heavy atom. The first-order valence-electron chi connectivity index (χ1n) is 4.08. The van der Waals surface area contributed by atoms with Crippen molar-refractivity contribution in [3.8, 4) is 5.75 Å². The van der Waals surface area contributed by atoms with E-state index in [1.165, 1.54) is 0 Å². The molecule has 0 fully saturated rings. The van der Waals surface area contributed by atoms with Gasteiger partial charge >= 0.3 is 6.18 Å². The predicted octanol–water partition coefficient (Wildman–Crippen LogP) is 2.93. The van der Waals surface area contributed by atoms with Gasteiger partial charge in [0, 0.05) is 17.8 Å². The molecule has 0 spiro atoms. The number of nitrogens with zero attached hydrogens (tertiary/aromatic N) is 1. The lowest BCUT2D eigenvalue weighted by Crippen LogP contribution is -2.08. The molecule has 0 saturated carbocycles. The summed E-state index contributed by atoms with van der Waals surface area (Å²) in [5.74, 6) is -0.410. The Kier molecular flexibility index (Phi) is 2.69. The van der Waals surface area contributed by atoms with Crippen LogP contribution in [-0.4, -0.2) is 10.1 Å². The highest BCUT2D eigenvalue weighted by molar-refractivity contribution is 5.34. The van der Waals surface area contributed by atoms with Crippen LogP contribution in [0, 0.1) is 0 Å². The lowest BCUT2D eigenvalue weighted by atomic mass is 10.0. The van der Waals surface area contributed by atoms with E-state index in [0.717, 1.165) is 6.20 Å². The summed E-state index contributed by atoms with van der Waals surface area (Å²) in [6.07, 6.45) is -3.45. The molecule has 1 aromatic rings. The number of hydrogen-bond donors (Lipinski definition) is 1. The molecular weight excluding hydrogens is 195 g/mol. The maximum Gasteiger partial charge on any atom is 0.433 e. The van der Waals surface area contributed by atoms with Crippen LogP contribution < -0.4 is 0 Å². The van der Waals surface area contributed by atoms with Gasteiger partial charge < -0.3 is 5.11 Å². The van der Waals surface area contributed by atoms with Gasteiger partial charge in [0.25, 0.3) is 0 Å². The molecule has 0 aromatic carbocycles. The summed E-state index contributed by atoms with van der Waals surface area (Å²) >= 11 is 0. The Hall–Kier alpha value is -1.26. The fraction of sp³-hybridized carbons (Fsp3) is 0.444. The summed E-state index contributed by atoms with van der Waals surface area (Å²) in [5.41, 5.74) is -0.655. The second-order valence-electron chi connectivity index (χ2n) is 3.28. The van der Waals surface area contributed by atoms with Crippen LogP contribution in [0.4, 0.5) is 13.2 Å². The number of hydrogen-bond acceptors (Lipinski definition) is 2. The number of rotatable bonds is 1. The summed E-state index contributed by atoms with van der Waals surface area (Å²) in [6.45, 7) is 3.54. The van der Waals surface area contributed by atoms with E-state index in [9.17, 15) is 18.3 Å². The van der Waals surface area contributed by atoms with E-state index in [0.29, 0.717) is 11.6 Å². The highest BCUT2D eigenvalue weighted by Crippen LogP contribution is 2.32. The zero-order chi connectivity index (χ0) is 10.9. The van der Waals surface area contributed by atoms with Gasteiger partial charge in [0.05, 0.1) is 0 Å². The average Bonchev–Trinajstić information content (AvgIpc) is 2.01. The summed E-state index contributed by atoms with van der Waals surface area (Å²) in [4.78, 5) is 3.25. The fourth-order valence-electron chi connectivity index (χ4n) is 1.06. The quantitative estimate of drug-likeness (QED) is 0.764. The molecule has 14 heavy (non-hydrogen) atoms. The van der Waals surface area contributed by atoms with Crippen molar-refractivity contribution in [3.63, 3.8) is 0 Å². The van der Waals surface area contributed by atoms with Crippen molar-refractivity contribution in [2.75, 3.05) is 0 Å². The summed E-state index contributed by atoms with van der Waals surface area (Å²) in [6, 6.07) is 0.648. The largest absolute Gasteiger partial charge is 0.508 e. The van der Waals surface area contributed by atoms with Crippen molar-refractivity contribution in [2.45, 2.75) is 25.9 Å². The van der Waals surface area contributed by atoms with Crippen LogP contribution in [-0.2, 0) is 6.18 Å². The van der Waals surface area contributed by atoms with Crippen molar-refractivity contribution < 1.29 is 18.3 Å². The number of halogens is 3. The minimum Gasteiger partial charge on any atom is -0.508 e. The summed E-state index contributed by atoms with van der Waals surface area (Å²) < 4.78 is 36.4. The van der Waals surface area contributed by atoms with Gasteiger partial charge in [-0.15, -0.1) is 0 Å². The van der Waals surface area contributed by atoms with E-state index in [-0.39, 0.29) is 11.7 Å². The maximum atomic E-state index is 12.1. The Bertz CT molecular complexity index is 333. The number of aromatic hydroxyl groups is 1. The monoisotopic (exact) mass is 205 g/mol. The van der Waals surface area contributed by atoms with Crippen LogP contribution in [0.2, 0.25) is 0 Å². The first kappa shape index (κ1) is 10.8. The molecule has 1 N–H and O–H groups in total. The van der Waals surface area contributed by atoms with Gasteiger partial charge in [-0.3, -0.25) is 4.98 Å². The maximum absolute atomic E-state index is 12.1. The molecule has 0 aliphatic carbocycles. The van der Waals surface area contributed by atoms with Crippen LogP contribution in [0.1, 0.15) is 31.0 Å². The van der Waals surface area contributed by atoms with E-state index in [2.05, 4.69) is 4.98 Å². The smallest absolute Gasteiger partial charge is 0.433 e. The normalized spacial score (nSPS) is 12.1. The van der Waals surface area contributed by atoms with Gasteiger partial charge in [-0.25, -0.2) is 0 Å². The summed E-state index contributed by atoms with van der Waals surface area (Å²) in [5, 5.41) is 9.29. The Morgan fingerprint density at radius 3 is 2.29 bits per heavy atom. The Labute approximate surface area is 79.4 Å².